The summed E-state index contributed by atoms with van der Waals surface area (Å²) in [7, 11) is 1.68. The minimum absolute atomic E-state index is 0.141. The molecule has 1 aliphatic rings. The number of likely N-dealkylation sites (tertiary alicyclic amines) is 1. The van der Waals surface area contributed by atoms with Crippen molar-refractivity contribution in [3.8, 4) is 0 Å². The van der Waals surface area contributed by atoms with E-state index in [1.165, 1.54) is 12.8 Å². The smallest absolute Gasteiger partial charge is 0.234 e. The average molecular weight is 299 g/mol. The highest BCUT2D eigenvalue weighted by atomic mass is 16.5. The third-order valence-electron chi connectivity index (χ3n) is 3.80. The number of amides is 1. The van der Waals surface area contributed by atoms with Crippen LogP contribution in [0.5, 0.6) is 0 Å². The molecule has 0 radical (unpaired) electrons. The number of nitrogens with zero attached hydrogens (tertiary/aromatic N) is 1. The first-order valence-corrected chi connectivity index (χ1v) is 8.30. The lowest BCUT2D eigenvalue weighted by Gasteiger charge is -2.32. The highest BCUT2D eigenvalue weighted by molar-refractivity contribution is 5.77. The zero-order chi connectivity index (χ0) is 15.5. The number of hydrogen-bond donors (Lipinski definition) is 2. The number of piperidine rings is 1. The van der Waals surface area contributed by atoms with Crippen LogP contribution in [0.2, 0.25) is 0 Å². The topological polar surface area (TPSA) is 53.6 Å². The van der Waals surface area contributed by atoms with Gasteiger partial charge in [0.1, 0.15) is 0 Å². The summed E-state index contributed by atoms with van der Waals surface area (Å²) in [6, 6.07) is 0. The zero-order valence-corrected chi connectivity index (χ0v) is 14.0. The molecule has 1 fully saturated rings. The molecule has 21 heavy (non-hydrogen) atoms. The van der Waals surface area contributed by atoms with Crippen molar-refractivity contribution in [3.05, 3.63) is 0 Å². The van der Waals surface area contributed by atoms with Gasteiger partial charge in [0.15, 0.2) is 0 Å². The molecule has 5 heteroatoms. The Kier molecular flexibility index (Phi) is 9.63. The van der Waals surface area contributed by atoms with Crippen molar-refractivity contribution in [1.82, 2.24) is 15.5 Å². The molecule has 0 aliphatic carbocycles. The minimum atomic E-state index is 0.141. The largest absolute Gasteiger partial charge is 0.385 e. The van der Waals surface area contributed by atoms with Gasteiger partial charge in [-0.3, -0.25) is 9.69 Å². The van der Waals surface area contributed by atoms with Gasteiger partial charge in [-0.15, -0.1) is 0 Å². The Hall–Kier alpha value is -0.650. The second-order valence-electron chi connectivity index (χ2n) is 6.49. The Morgan fingerprint density at radius 3 is 2.95 bits per heavy atom. The Labute approximate surface area is 129 Å². The lowest BCUT2D eigenvalue weighted by molar-refractivity contribution is -0.122. The molecule has 2 N–H and O–H groups in total. The van der Waals surface area contributed by atoms with E-state index in [1.807, 2.05) is 0 Å². The molecule has 1 aliphatic heterocycles. The summed E-state index contributed by atoms with van der Waals surface area (Å²) in [4.78, 5) is 14.2. The number of ether oxygens (including phenoxy) is 1. The van der Waals surface area contributed by atoms with Gasteiger partial charge in [0, 0.05) is 26.8 Å². The van der Waals surface area contributed by atoms with Crippen molar-refractivity contribution in [2.24, 2.45) is 11.8 Å². The fourth-order valence-electron chi connectivity index (χ4n) is 2.74. The van der Waals surface area contributed by atoms with Crippen molar-refractivity contribution < 1.29 is 9.53 Å². The normalized spacial score (nSPS) is 19.9. The van der Waals surface area contributed by atoms with Crippen LogP contribution in [0.1, 0.15) is 33.1 Å². The number of nitrogens with one attached hydrogen (secondary N) is 2. The van der Waals surface area contributed by atoms with Crippen LogP contribution in [0.3, 0.4) is 0 Å². The fourth-order valence-corrected chi connectivity index (χ4v) is 2.74. The van der Waals surface area contributed by atoms with Gasteiger partial charge in [-0.05, 0) is 50.7 Å². The van der Waals surface area contributed by atoms with Crippen LogP contribution in [-0.2, 0) is 9.53 Å². The van der Waals surface area contributed by atoms with E-state index in [9.17, 15) is 4.79 Å². The number of carbonyl (C=O) groups excluding carboxylic acids is 1. The Morgan fingerprint density at radius 1 is 1.43 bits per heavy atom. The summed E-state index contributed by atoms with van der Waals surface area (Å²) in [5.41, 5.74) is 0. The van der Waals surface area contributed by atoms with Gasteiger partial charge < -0.3 is 15.4 Å². The molecule has 0 saturated carbocycles. The van der Waals surface area contributed by atoms with Crippen molar-refractivity contribution >= 4 is 5.91 Å². The zero-order valence-electron chi connectivity index (χ0n) is 14.0. The number of hydrogen-bond acceptors (Lipinski definition) is 4. The summed E-state index contributed by atoms with van der Waals surface area (Å²) >= 11 is 0. The minimum Gasteiger partial charge on any atom is -0.385 e. The first kappa shape index (κ1) is 18.4. The van der Waals surface area contributed by atoms with Crippen LogP contribution < -0.4 is 10.6 Å². The Balaban J connectivity index is 2.15. The number of methoxy groups -OCH3 is 1. The van der Waals surface area contributed by atoms with E-state index < -0.39 is 0 Å². The monoisotopic (exact) mass is 299 g/mol. The van der Waals surface area contributed by atoms with Gasteiger partial charge in [-0.1, -0.05) is 13.8 Å². The Bertz CT molecular complexity index is 285. The highest BCUT2D eigenvalue weighted by Gasteiger charge is 2.21. The number of rotatable bonds is 10. The summed E-state index contributed by atoms with van der Waals surface area (Å²) in [6.07, 6.45) is 3.35. The molecular weight excluding hydrogens is 266 g/mol. The predicted molar refractivity (Wildman–Crippen MR) is 86.4 cm³/mol. The van der Waals surface area contributed by atoms with Crippen LogP contribution in [0.15, 0.2) is 0 Å². The summed E-state index contributed by atoms with van der Waals surface area (Å²) in [6.45, 7) is 10.6. The van der Waals surface area contributed by atoms with E-state index in [-0.39, 0.29) is 5.91 Å². The molecule has 1 heterocycles. The van der Waals surface area contributed by atoms with Crippen molar-refractivity contribution in [2.45, 2.75) is 33.1 Å². The van der Waals surface area contributed by atoms with Gasteiger partial charge >= 0.3 is 0 Å². The molecule has 1 unspecified atom stereocenters. The molecule has 0 bridgehead atoms. The molecular formula is C16H33N3O2. The van der Waals surface area contributed by atoms with Crippen molar-refractivity contribution in [3.63, 3.8) is 0 Å². The first-order valence-electron chi connectivity index (χ1n) is 8.30. The Morgan fingerprint density at radius 2 is 2.24 bits per heavy atom. The van der Waals surface area contributed by atoms with E-state index >= 15 is 0 Å². The lowest BCUT2D eigenvalue weighted by atomic mass is 9.98. The molecule has 1 atom stereocenters. The maximum Gasteiger partial charge on any atom is 0.234 e. The van der Waals surface area contributed by atoms with E-state index in [1.54, 1.807) is 7.11 Å². The van der Waals surface area contributed by atoms with Crippen LogP contribution >= 0.6 is 0 Å². The van der Waals surface area contributed by atoms with Crippen LogP contribution in [-0.4, -0.2) is 63.8 Å². The van der Waals surface area contributed by atoms with E-state index in [0.717, 1.165) is 32.6 Å². The molecule has 0 aromatic carbocycles. The van der Waals surface area contributed by atoms with Crippen LogP contribution in [0, 0.1) is 11.8 Å². The third-order valence-corrected chi connectivity index (χ3v) is 3.80. The molecule has 1 rings (SSSR count). The fraction of sp³-hybridized carbons (Fsp3) is 0.938. The second kappa shape index (κ2) is 11.0. The SMILES string of the molecule is COCCCNC(=O)CN1CCCC(CNCC(C)C)C1. The number of carbonyl (C=O) groups is 1. The second-order valence-corrected chi connectivity index (χ2v) is 6.49. The first-order chi connectivity index (χ1) is 10.1. The standard InChI is InChI=1S/C16H33N3O2/c1-14(2)10-17-11-15-6-4-8-19(12-15)13-16(20)18-7-5-9-21-3/h14-15,17H,4-13H2,1-3H3,(H,18,20). The predicted octanol–water partition coefficient (Wildman–Crippen LogP) is 1.10. The third kappa shape index (κ3) is 9.06. The van der Waals surface area contributed by atoms with E-state index in [0.29, 0.717) is 31.5 Å². The van der Waals surface area contributed by atoms with Gasteiger partial charge in [0.25, 0.3) is 0 Å². The quantitative estimate of drug-likeness (QED) is 0.593. The molecule has 0 aromatic heterocycles. The molecule has 0 aromatic rings. The van der Waals surface area contributed by atoms with Gasteiger partial charge in [-0.2, -0.15) is 0 Å². The maximum absolute atomic E-state index is 11.9. The molecule has 1 saturated heterocycles. The average Bonchev–Trinajstić information content (AvgIpc) is 2.44. The molecule has 5 nitrogen and oxygen atoms in total. The molecule has 1 amide bonds. The summed E-state index contributed by atoms with van der Waals surface area (Å²) in [5.74, 6) is 1.52. The van der Waals surface area contributed by atoms with Gasteiger partial charge in [0.2, 0.25) is 5.91 Å². The maximum atomic E-state index is 11.9. The van der Waals surface area contributed by atoms with Crippen LogP contribution in [0.25, 0.3) is 0 Å². The van der Waals surface area contributed by atoms with Crippen molar-refractivity contribution in [1.29, 1.82) is 0 Å². The van der Waals surface area contributed by atoms with Gasteiger partial charge in [-0.25, -0.2) is 0 Å². The lowest BCUT2D eigenvalue weighted by Crippen LogP contribution is -2.45. The molecule has 124 valence electrons. The highest BCUT2D eigenvalue weighted by Crippen LogP contribution is 2.15. The van der Waals surface area contributed by atoms with E-state index in [2.05, 4.69) is 29.4 Å². The van der Waals surface area contributed by atoms with E-state index in [4.69, 9.17) is 4.74 Å². The van der Waals surface area contributed by atoms with Crippen molar-refractivity contribution in [2.75, 3.05) is 53.0 Å². The van der Waals surface area contributed by atoms with Crippen LogP contribution in [0.4, 0.5) is 0 Å². The molecule has 0 spiro atoms. The summed E-state index contributed by atoms with van der Waals surface area (Å²) in [5, 5.41) is 6.50. The summed E-state index contributed by atoms with van der Waals surface area (Å²) < 4.78 is 4.97. The van der Waals surface area contributed by atoms with Gasteiger partial charge in [0.05, 0.1) is 6.54 Å².